The van der Waals surface area contributed by atoms with Crippen molar-refractivity contribution in [2.24, 2.45) is 0 Å². The molecule has 0 radical (unpaired) electrons. The summed E-state index contributed by atoms with van der Waals surface area (Å²) in [6.45, 7) is 3.61. The molecule has 1 atom stereocenters. The van der Waals surface area contributed by atoms with Gasteiger partial charge in [0, 0.05) is 11.1 Å². The number of carbonyl (C=O) groups excluding carboxylic acids is 1. The standard InChI is InChI=1S/C20H17ClO5/c1-3-24-20(23)12(2)26-15-8-9-16-18(10-15)25-11-17(19(16)22)13-4-6-14(21)7-5-13/h4-12H,3H2,1-2H3/t12-/m1/s1. The van der Waals surface area contributed by atoms with Crippen LogP contribution in [0.2, 0.25) is 5.02 Å². The molecule has 0 aliphatic heterocycles. The van der Waals surface area contributed by atoms with E-state index in [2.05, 4.69) is 0 Å². The summed E-state index contributed by atoms with van der Waals surface area (Å²) in [5, 5.41) is 1.02. The second-order valence-electron chi connectivity index (χ2n) is 5.66. The van der Waals surface area contributed by atoms with Gasteiger partial charge in [-0.1, -0.05) is 23.7 Å². The first-order valence-electron chi connectivity index (χ1n) is 8.14. The van der Waals surface area contributed by atoms with E-state index in [1.165, 1.54) is 6.26 Å². The lowest BCUT2D eigenvalue weighted by molar-refractivity contribution is -0.150. The second-order valence-corrected chi connectivity index (χ2v) is 6.09. The van der Waals surface area contributed by atoms with E-state index in [1.807, 2.05) is 0 Å². The van der Waals surface area contributed by atoms with Crippen LogP contribution < -0.4 is 10.2 Å². The van der Waals surface area contributed by atoms with Crippen molar-refractivity contribution < 1.29 is 18.7 Å². The summed E-state index contributed by atoms with van der Waals surface area (Å²) in [5.74, 6) is -0.0346. The summed E-state index contributed by atoms with van der Waals surface area (Å²) in [6, 6.07) is 11.8. The van der Waals surface area contributed by atoms with Crippen molar-refractivity contribution in [3.63, 3.8) is 0 Å². The lowest BCUT2D eigenvalue weighted by Gasteiger charge is -2.13. The van der Waals surface area contributed by atoms with Crippen LogP contribution in [0.25, 0.3) is 22.1 Å². The Balaban J connectivity index is 1.92. The molecule has 0 N–H and O–H groups in total. The Morgan fingerprint density at radius 3 is 2.62 bits per heavy atom. The van der Waals surface area contributed by atoms with Crippen LogP contribution in [0.3, 0.4) is 0 Å². The molecule has 3 aromatic rings. The van der Waals surface area contributed by atoms with Gasteiger partial charge in [0.25, 0.3) is 0 Å². The molecule has 1 heterocycles. The SMILES string of the molecule is CCOC(=O)[C@@H](C)Oc1ccc2c(=O)c(-c3ccc(Cl)cc3)coc2c1. The first-order valence-corrected chi connectivity index (χ1v) is 8.52. The van der Waals surface area contributed by atoms with E-state index in [-0.39, 0.29) is 12.0 Å². The van der Waals surface area contributed by atoms with Crippen molar-refractivity contribution >= 4 is 28.5 Å². The van der Waals surface area contributed by atoms with Crippen LogP contribution in [0.4, 0.5) is 0 Å². The van der Waals surface area contributed by atoms with Crippen molar-refractivity contribution in [2.45, 2.75) is 20.0 Å². The predicted molar refractivity (Wildman–Crippen MR) is 99.7 cm³/mol. The van der Waals surface area contributed by atoms with Gasteiger partial charge in [0.05, 0.1) is 17.6 Å². The molecule has 6 heteroatoms. The van der Waals surface area contributed by atoms with Gasteiger partial charge >= 0.3 is 5.97 Å². The Morgan fingerprint density at radius 1 is 1.19 bits per heavy atom. The van der Waals surface area contributed by atoms with E-state index in [9.17, 15) is 9.59 Å². The minimum absolute atomic E-state index is 0.154. The number of halogens is 1. The average molecular weight is 373 g/mol. The maximum absolute atomic E-state index is 12.7. The molecule has 134 valence electrons. The highest BCUT2D eigenvalue weighted by atomic mass is 35.5. The second kappa shape index (κ2) is 7.62. The lowest BCUT2D eigenvalue weighted by Crippen LogP contribution is -2.26. The Labute approximate surface area is 155 Å². The van der Waals surface area contributed by atoms with Crippen LogP contribution in [0.15, 0.2) is 57.9 Å². The highest BCUT2D eigenvalue weighted by molar-refractivity contribution is 6.30. The third-order valence-corrected chi connectivity index (χ3v) is 4.08. The van der Waals surface area contributed by atoms with Crippen LogP contribution in [-0.2, 0) is 9.53 Å². The smallest absolute Gasteiger partial charge is 0.347 e. The highest BCUT2D eigenvalue weighted by Crippen LogP contribution is 2.24. The van der Waals surface area contributed by atoms with Crippen molar-refractivity contribution in [1.82, 2.24) is 0 Å². The molecular formula is C20H17ClO5. The first kappa shape index (κ1) is 18.0. The third-order valence-electron chi connectivity index (χ3n) is 3.83. The largest absolute Gasteiger partial charge is 0.479 e. The molecule has 0 saturated heterocycles. The van der Waals surface area contributed by atoms with Crippen molar-refractivity contribution in [1.29, 1.82) is 0 Å². The van der Waals surface area contributed by atoms with Gasteiger partial charge in [-0.3, -0.25) is 4.79 Å². The zero-order valence-corrected chi connectivity index (χ0v) is 15.1. The fraction of sp³-hybridized carbons (Fsp3) is 0.200. The maximum Gasteiger partial charge on any atom is 0.347 e. The first-order chi connectivity index (χ1) is 12.5. The van der Waals surface area contributed by atoms with Gasteiger partial charge in [-0.05, 0) is 43.7 Å². The minimum Gasteiger partial charge on any atom is -0.479 e. The van der Waals surface area contributed by atoms with Crippen LogP contribution in [0, 0.1) is 0 Å². The molecular weight excluding hydrogens is 356 g/mol. The summed E-state index contributed by atoms with van der Waals surface area (Å²) in [4.78, 5) is 24.4. The summed E-state index contributed by atoms with van der Waals surface area (Å²) in [6.07, 6.45) is 0.652. The average Bonchev–Trinajstić information content (AvgIpc) is 2.63. The van der Waals surface area contributed by atoms with Gasteiger partial charge in [0.1, 0.15) is 17.6 Å². The maximum atomic E-state index is 12.7. The van der Waals surface area contributed by atoms with E-state index < -0.39 is 12.1 Å². The van der Waals surface area contributed by atoms with E-state index in [4.69, 9.17) is 25.5 Å². The zero-order valence-electron chi connectivity index (χ0n) is 14.3. The number of carbonyl (C=O) groups is 1. The fourth-order valence-electron chi connectivity index (χ4n) is 2.52. The molecule has 5 nitrogen and oxygen atoms in total. The van der Waals surface area contributed by atoms with Crippen LogP contribution in [0.5, 0.6) is 5.75 Å². The van der Waals surface area contributed by atoms with Crippen LogP contribution in [-0.4, -0.2) is 18.7 Å². The molecule has 26 heavy (non-hydrogen) atoms. The van der Waals surface area contributed by atoms with Gasteiger partial charge in [0.15, 0.2) is 11.5 Å². The molecule has 0 aliphatic carbocycles. The summed E-state index contributed by atoms with van der Waals surface area (Å²) in [5.41, 5.74) is 1.39. The number of esters is 1. The molecule has 0 unspecified atom stereocenters. The number of hydrogen-bond donors (Lipinski definition) is 0. The number of hydrogen-bond acceptors (Lipinski definition) is 5. The monoisotopic (exact) mass is 372 g/mol. The highest BCUT2D eigenvalue weighted by Gasteiger charge is 2.17. The normalized spacial score (nSPS) is 12.0. The van der Waals surface area contributed by atoms with E-state index in [1.54, 1.807) is 56.3 Å². The van der Waals surface area contributed by atoms with Crippen molar-refractivity contribution in [2.75, 3.05) is 6.61 Å². The van der Waals surface area contributed by atoms with Gasteiger partial charge in [-0.2, -0.15) is 0 Å². The van der Waals surface area contributed by atoms with Crippen LogP contribution >= 0.6 is 11.6 Å². The van der Waals surface area contributed by atoms with E-state index in [0.717, 1.165) is 5.56 Å². The molecule has 0 aliphatic rings. The molecule has 2 aromatic carbocycles. The lowest BCUT2D eigenvalue weighted by atomic mass is 10.1. The number of ether oxygens (including phenoxy) is 2. The Hall–Kier alpha value is -2.79. The van der Waals surface area contributed by atoms with Crippen molar-refractivity contribution in [3.05, 3.63) is 64.0 Å². The molecule has 0 amide bonds. The topological polar surface area (TPSA) is 65.7 Å². The molecule has 0 spiro atoms. The molecule has 0 fully saturated rings. The molecule has 3 rings (SSSR count). The van der Waals surface area contributed by atoms with E-state index >= 15 is 0 Å². The van der Waals surface area contributed by atoms with Gasteiger partial charge in [-0.15, -0.1) is 0 Å². The summed E-state index contributed by atoms with van der Waals surface area (Å²) in [7, 11) is 0. The Kier molecular flexibility index (Phi) is 5.28. The summed E-state index contributed by atoms with van der Waals surface area (Å²) < 4.78 is 16.1. The number of rotatable bonds is 5. The third kappa shape index (κ3) is 3.73. The molecule has 0 saturated carbocycles. The number of benzene rings is 2. The predicted octanol–water partition coefficient (Wildman–Crippen LogP) is 4.44. The van der Waals surface area contributed by atoms with Crippen molar-refractivity contribution in [3.8, 4) is 16.9 Å². The minimum atomic E-state index is -0.757. The quantitative estimate of drug-likeness (QED) is 0.619. The Morgan fingerprint density at radius 2 is 1.92 bits per heavy atom. The fourth-order valence-corrected chi connectivity index (χ4v) is 2.65. The Bertz CT molecular complexity index is 991. The van der Waals surface area contributed by atoms with E-state index in [0.29, 0.717) is 27.3 Å². The number of fused-ring (bicyclic) bond motifs is 1. The zero-order chi connectivity index (χ0) is 18.7. The molecule has 0 bridgehead atoms. The van der Waals surface area contributed by atoms with Gasteiger partial charge < -0.3 is 13.9 Å². The molecule has 1 aromatic heterocycles. The van der Waals surface area contributed by atoms with Crippen LogP contribution in [0.1, 0.15) is 13.8 Å². The summed E-state index contributed by atoms with van der Waals surface area (Å²) >= 11 is 5.89. The van der Waals surface area contributed by atoms with Gasteiger partial charge in [-0.25, -0.2) is 4.79 Å². The van der Waals surface area contributed by atoms with Gasteiger partial charge in [0.2, 0.25) is 0 Å².